The zero-order valence-corrected chi connectivity index (χ0v) is 9.34. The molecule has 0 aromatic carbocycles. The molecule has 5 nitrogen and oxygen atoms in total. The van der Waals surface area contributed by atoms with Crippen molar-refractivity contribution in [1.82, 2.24) is 15.2 Å². The van der Waals surface area contributed by atoms with E-state index in [0.717, 1.165) is 5.56 Å². The molecule has 2 rings (SSSR count). The van der Waals surface area contributed by atoms with Gasteiger partial charge in [-0.05, 0) is 18.6 Å². The Morgan fingerprint density at radius 3 is 2.88 bits per heavy atom. The molecule has 0 saturated carbocycles. The monoisotopic (exact) mass is 228 g/mol. The number of anilines is 1. The Labute approximate surface area is 98.6 Å². The van der Waals surface area contributed by atoms with Gasteiger partial charge in [-0.2, -0.15) is 5.10 Å². The predicted octanol–water partition coefficient (Wildman–Crippen LogP) is 2.09. The summed E-state index contributed by atoms with van der Waals surface area (Å²) in [5, 5.41) is 9.03. The Balaban J connectivity index is 2.09. The molecule has 2 N–H and O–H groups in total. The molecule has 86 valence electrons. The van der Waals surface area contributed by atoms with E-state index in [0.29, 0.717) is 11.4 Å². The lowest BCUT2D eigenvalue weighted by molar-refractivity contribution is 0.102. The molecule has 2 aromatic heterocycles. The number of hydrogen-bond acceptors (Lipinski definition) is 3. The van der Waals surface area contributed by atoms with Crippen LogP contribution in [-0.2, 0) is 0 Å². The van der Waals surface area contributed by atoms with E-state index in [1.807, 2.05) is 25.1 Å². The van der Waals surface area contributed by atoms with Gasteiger partial charge in [0.25, 0.3) is 5.91 Å². The topological polar surface area (TPSA) is 70.7 Å². The van der Waals surface area contributed by atoms with Crippen LogP contribution in [0.5, 0.6) is 0 Å². The van der Waals surface area contributed by atoms with E-state index in [-0.39, 0.29) is 5.91 Å². The van der Waals surface area contributed by atoms with Gasteiger partial charge in [-0.1, -0.05) is 18.2 Å². The van der Waals surface area contributed by atoms with E-state index in [1.54, 1.807) is 18.5 Å². The summed E-state index contributed by atoms with van der Waals surface area (Å²) in [6, 6.07) is 3.53. The molecule has 2 aromatic rings. The normalized spacial score (nSPS) is 10.6. The van der Waals surface area contributed by atoms with Gasteiger partial charge in [-0.25, -0.2) is 0 Å². The second-order valence-corrected chi connectivity index (χ2v) is 3.42. The van der Waals surface area contributed by atoms with Gasteiger partial charge in [0.2, 0.25) is 0 Å². The van der Waals surface area contributed by atoms with Gasteiger partial charge >= 0.3 is 0 Å². The number of hydrogen-bond donors (Lipinski definition) is 2. The number of allylic oxidation sites excluding steroid dienone is 1. The molecule has 0 radical (unpaired) electrons. The van der Waals surface area contributed by atoms with Crippen LogP contribution in [0, 0.1) is 0 Å². The molecule has 0 unspecified atom stereocenters. The Morgan fingerprint density at radius 2 is 2.29 bits per heavy atom. The second kappa shape index (κ2) is 5.07. The minimum Gasteiger partial charge on any atom is -0.318 e. The van der Waals surface area contributed by atoms with E-state index in [1.165, 1.54) is 6.20 Å². The summed E-state index contributed by atoms with van der Waals surface area (Å²) in [5.74, 6) is -0.251. The van der Waals surface area contributed by atoms with Crippen LogP contribution in [0.1, 0.15) is 23.0 Å². The van der Waals surface area contributed by atoms with Crippen molar-refractivity contribution in [2.45, 2.75) is 6.92 Å². The van der Waals surface area contributed by atoms with Crippen LogP contribution in [0.25, 0.3) is 6.08 Å². The van der Waals surface area contributed by atoms with Crippen LogP contribution in [0.2, 0.25) is 0 Å². The van der Waals surface area contributed by atoms with E-state index >= 15 is 0 Å². The molecule has 2 heterocycles. The molecule has 17 heavy (non-hydrogen) atoms. The summed E-state index contributed by atoms with van der Waals surface area (Å²) in [5.41, 5.74) is 1.96. The highest BCUT2D eigenvalue weighted by molar-refractivity contribution is 6.02. The first kappa shape index (κ1) is 11.1. The van der Waals surface area contributed by atoms with Gasteiger partial charge in [0.15, 0.2) is 0 Å². The van der Waals surface area contributed by atoms with Crippen LogP contribution in [0.15, 0.2) is 36.8 Å². The van der Waals surface area contributed by atoms with E-state index in [2.05, 4.69) is 20.5 Å². The fourth-order valence-corrected chi connectivity index (χ4v) is 1.35. The Kier molecular flexibility index (Phi) is 3.30. The highest BCUT2D eigenvalue weighted by Gasteiger charge is 2.07. The number of nitrogens with zero attached hydrogens (tertiary/aromatic N) is 2. The number of aromatic amines is 1. The molecular formula is C12H12N4O. The van der Waals surface area contributed by atoms with Crippen molar-refractivity contribution >= 4 is 17.7 Å². The minimum atomic E-state index is -0.251. The third-order valence-electron chi connectivity index (χ3n) is 2.13. The van der Waals surface area contributed by atoms with Crippen LogP contribution in [0.4, 0.5) is 5.69 Å². The number of amides is 1. The Hall–Kier alpha value is -2.43. The number of carbonyl (C=O) groups is 1. The first-order chi connectivity index (χ1) is 8.29. The second-order valence-electron chi connectivity index (χ2n) is 3.42. The number of nitrogens with one attached hydrogen (secondary N) is 2. The average Bonchev–Trinajstić information content (AvgIpc) is 2.83. The van der Waals surface area contributed by atoms with Crippen molar-refractivity contribution < 1.29 is 4.79 Å². The fourth-order valence-electron chi connectivity index (χ4n) is 1.35. The fraction of sp³-hybridized carbons (Fsp3) is 0.0833. The number of H-pyrrole nitrogens is 1. The largest absolute Gasteiger partial charge is 0.318 e. The molecule has 0 bridgehead atoms. The molecule has 0 fully saturated rings. The highest BCUT2D eigenvalue weighted by atomic mass is 16.1. The molecule has 0 aliphatic carbocycles. The molecule has 0 spiro atoms. The SMILES string of the molecule is C/C=C/c1ccc(C(=O)Nc2cn[nH]c2)nc1. The van der Waals surface area contributed by atoms with Gasteiger partial charge in [0, 0.05) is 12.4 Å². The van der Waals surface area contributed by atoms with Crippen LogP contribution < -0.4 is 5.32 Å². The number of rotatable bonds is 3. The van der Waals surface area contributed by atoms with E-state index < -0.39 is 0 Å². The zero-order chi connectivity index (χ0) is 12.1. The first-order valence-electron chi connectivity index (χ1n) is 5.18. The molecule has 0 atom stereocenters. The smallest absolute Gasteiger partial charge is 0.274 e. The number of pyridine rings is 1. The first-order valence-corrected chi connectivity index (χ1v) is 5.18. The summed E-state index contributed by atoms with van der Waals surface area (Å²) >= 11 is 0. The zero-order valence-electron chi connectivity index (χ0n) is 9.34. The lowest BCUT2D eigenvalue weighted by atomic mass is 10.2. The molecule has 0 aliphatic heterocycles. The summed E-state index contributed by atoms with van der Waals surface area (Å²) in [7, 11) is 0. The summed E-state index contributed by atoms with van der Waals surface area (Å²) in [6.07, 6.45) is 8.63. The summed E-state index contributed by atoms with van der Waals surface area (Å²) < 4.78 is 0. The van der Waals surface area contributed by atoms with Crippen molar-refractivity contribution in [2.75, 3.05) is 5.32 Å². The predicted molar refractivity (Wildman–Crippen MR) is 65.5 cm³/mol. The molecule has 1 amide bonds. The van der Waals surface area contributed by atoms with Crippen molar-refractivity contribution in [3.8, 4) is 0 Å². The van der Waals surface area contributed by atoms with Crippen molar-refractivity contribution in [2.24, 2.45) is 0 Å². The van der Waals surface area contributed by atoms with Crippen LogP contribution in [-0.4, -0.2) is 21.1 Å². The molecule has 5 heteroatoms. The summed E-state index contributed by atoms with van der Waals surface area (Å²) in [6.45, 7) is 1.93. The van der Waals surface area contributed by atoms with Gasteiger partial charge in [-0.3, -0.25) is 14.9 Å². The Morgan fingerprint density at radius 1 is 1.41 bits per heavy atom. The van der Waals surface area contributed by atoms with E-state index in [4.69, 9.17) is 0 Å². The maximum Gasteiger partial charge on any atom is 0.274 e. The molecule has 0 aliphatic rings. The van der Waals surface area contributed by atoms with Crippen LogP contribution >= 0.6 is 0 Å². The third kappa shape index (κ3) is 2.78. The van der Waals surface area contributed by atoms with Gasteiger partial charge in [0.1, 0.15) is 5.69 Å². The standard InChI is InChI=1S/C12H12N4O/c1-2-3-9-4-5-11(13-6-9)12(17)16-10-7-14-15-8-10/h2-8H,1H3,(H,14,15)(H,16,17)/b3-2+. The van der Waals surface area contributed by atoms with Crippen molar-refractivity contribution in [3.63, 3.8) is 0 Å². The lowest BCUT2D eigenvalue weighted by Crippen LogP contribution is -2.12. The van der Waals surface area contributed by atoms with Crippen LogP contribution in [0.3, 0.4) is 0 Å². The van der Waals surface area contributed by atoms with E-state index in [9.17, 15) is 4.79 Å². The minimum absolute atomic E-state index is 0.251. The lowest BCUT2D eigenvalue weighted by Gasteiger charge is -2.01. The van der Waals surface area contributed by atoms with Crippen molar-refractivity contribution in [3.05, 3.63) is 48.1 Å². The number of carbonyl (C=O) groups excluding carboxylic acids is 1. The van der Waals surface area contributed by atoms with Gasteiger partial charge in [-0.15, -0.1) is 0 Å². The average molecular weight is 228 g/mol. The molecular weight excluding hydrogens is 216 g/mol. The Bertz CT molecular complexity index is 514. The maximum atomic E-state index is 11.7. The maximum absolute atomic E-state index is 11.7. The quantitative estimate of drug-likeness (QED) is 0.845. The third-order valence-corrected chi connectivity index (χ3v) is 2.13. The molecule has 0 saturated heterocycles. The van der Waals surface area contributed by atoms with Crippen molar-refractivity contribution in [1.29, 1.82) is 0 Å². The highest BCUT2D eigenvalue weighted by Crippen LogP contribution is 2.06. The van der Waals surface area contributed by atoms with Gasteiger partial charge < -0.3 is 5.32 Å². The number of aromatic nitrogens is 3. The van der Waals surface area contributed by atoms with Gasteiger partial charge in [0.05, 0.1) is 11.9 Å². The summed E-state index contributed by atoms with van der Waals surface area (Å²) in [4.78, 5) is 15.8.